The summed E-state index contributed by atoms with van der Waals surface area (Å²) in [5, 5.41) is 2.10. The second kappa shape index (κ2) is 10.9. The highest BCUT2D eigenvalue weighted by molar-refractivity contribution is 7.10. The van der Waals surface area contributed by atoms with Crippen LogP contribution in [0.5, 0.6) is 0 Å². The van der Waals surface area contributed by atoms with Crippen LogP contribution in [-0.2, 0) is 0 Å². The highest BCUT2D eigenvalue weighted by Crippen LogP contribution is 2.36. The van der Waals surface area contributed by atoms with Gasteiger partial charge in [0.2, 0.25) is 0 Å². The first-order valence-corrected chi connectivity index (χ1v) is 12.6. The van der Waals surface area contributed by atoms with Crippen molar-refractivity contribution in [1.29, 1.82) is 0 Å². The molecule has 0 radical (unpaired) electrons. The third kappa shape index (κ3) is 5.68. The normalized spacial score (nSPS) is 11.3. The van der Waals surface area contributed by atoms with Crippen molar-refractivity contribution in [2.75, 3.05) is 4.90 Å². The summed E-state index contributed by atoms with van der Waals surface area (Å²) < 4.78 is 0. The van der Waals surface area contributed by atoms with Crippen LogP contribution in [0.4, 0.5) is 17.1 Å². The van der Waals surface area contributed by atoms with Crippen molar-refractivity contribution < 1.29 is 0 Å². The van der Waals surface area contributed by atoms with Crippen LogP contribution >= 0.6 is 11.3 Å². The van der Waals surface area contributed by atoms with Crippen LogP contribution in [0.2, 0.25) is 0 Å². The molecule has 5 aromatic rings. The third-order valence-corrected chi connectivity index (χ3v) is 6.75. The standard InChI is InChI=1S/C33H27NS/c1-26-8-5-6-12-33(26)34(30-9-3-2-4-10-30)31-22-19-29(20-23-31)18-15-27-13-16-28(17-14-27)21-24-32-11-7-25-35-32/h2-25H,1H3. The summed E-state index contributed by atoms with van der Waals surface area (Å²) in [6.07, 6.45) is 8.65. The van der Waals surface area contributed by atoms with Gasteiger partial charge in [-0.05, 0) is 77.0 Å². The topological polar surface area (TPSA) is 3.24 Å². The molecule has 0 unspecified atom stereocenters. The molecule has 1 heterocycles. The monoisotopic (exact) mass is 469 g/mol. The van der Waals surface area contributed by atoms with Crippen molar-refractivity contribution >= 4 is 52.7 Å². The Morgan fingerprint density at radius 2 is 1.06 bits per heavy atom. The third-order valence-electron chi connectivity index (χ3n) is 5.91. The largest absolute Gasteiger partial charge is 0.310 e. The molecule has 0 spiro atoms. The van der Waals surface area contributed by atoms with Gasteiger partial charge in [-0.1, -0.05) is 97.1 Å². The fourth-order valence-electron chi connectivity index (χ4n) is 4.03. The minimum atomic E-state index is 1.14. The van der Waals surface area contributed by atoms with Gasteiger partial charge in [-0.2, -0.15) is 0 Å². The molecule has 0 N–H and O–H groups in total. The maximum absolute atomic E-state index is 2.31. The molecule has 0 amide bonds. The molecule has 35 heavy (non-hydrogen) atoms. The van der Waals surface area contributed by atoms with E-state index in [-0.39, 0.29) is 0 Å². The molecule has 0 atom stereocenters. The molecule has 0 aliphatic heterocycles. The van der Waals surface area contributed by atoms with Crippen LogP contribution in [0.3, 0.4) is 0 Å². The Kier molecular flexibility index (Phi) is 7.02. The second-order valence-corrected chi connectivity index (χ2v) is 9.38. The minimum absolute atomic E-state index is 1.14. The average molecular weight is 470 g/mol. The summed E-state index contributed by atoms with van der Waals surface area (Å²) in [7, 11) is 0. The summed E-state index contributed by atoms with van der Waals surface area (Å²) >= 11 is 1.75. The minimum Gasteiger partial charge on any atom is -0.310 e. The number of hydrogen-bond donors (Lipinski definition) is 0. The van der Waals surface area contributed by atoms with E-state index in [0.717, 1.165) is 11.4 Å². The van der Waals surface area contributed by atoms with E-state index < -0.39 is 0 Å². The van der Waals surface area contributed by atoms with Crippen molar-refractivity contribution in [3.05, 3.63) is 148 Å². The average Bonchev–Trinajstić information content (AvgIpc) is 3.43. The lowest BCUT2D eigenvalue weighted by atomic mass is 10.1. The maximum atomic E-state index is 2.31. The lowest BCUT2D eigenvalue weighted by molar-refractivity contribution is 1.25. The van der Waals surface area contributed by atoms with Gasteiger partial charge in [0, 0.05) is 21.9 Å². The molecule has 0 saturated carbocycles. The Morgan fingerprint density at radius 3 is 1.66 bits per heavy atom. The lowest BCUT2D eigenvalue weighted by Gasteiger charge is -2.27. The van der Waals surface area contributed by atoms with Gasteiger partial charge >= 0.3 is 0 Å². The highest BCUT2D eigenvalue weighted by Gasteiger charge is 2.13. The maximum Gasteiger partial charge on any atom is 0.0490 e. The molecule has 0 fully saturated rings. The predicted molar refractivity (Wildman–Crippen MR) is 154 cm³/mol. The van der Waals surface area contributed by atoms with Crippen molar-refractivity contribution in [1.82, 2.24) is 0 Å². The molecule has 2 heteroatoms. The van der Waals surface area contributed by atoms with Crippen LogP contribution in [-0.4, -0.2) is 0 Å². The Hall–Kier alpha value is -4.14. The van der Waals surface area contributed by atoms with E-state index in [1.54, 1.807) is 11.3 Å². The number of rotatable bonds is 7. The number of aryl methyl sites for hydroxylation is 1. The first kappa shape index (κ1) is 22.6. The first-order chi connectivity index (χ1) is 17.3. The van der Waals surface area contributed by atoms with Gasteiger partial charge in [0.1, 0.15) is 0 Å². The summed E-state index contributed by atoms with van der Waals surface area (Å²) in [5.74, 6) is 0. The Morgan fingerprint density at radius 1 is 0.514 bits per heavy atom. The van der Waals surface area contributed by atoms with Gasteiger partial charge in [-0.3, -0.25) is 0 Å². The molecule has 0 aliphatic carbocycles. The van der Waals surface area contributed by atoms with Gasteiger partial charge < -0.3 is 4.90 Å². The van der Waals surface area contributed by atoms with Crippen molar-refractivity contribution in [3.63, 3.8) is 0 Å². The van der Waals surface area contributed by atoms with Crippen LogP contribution in [0.1, 0.15) is 27.1 Å². The number of anilines is 3. The fraction of sp³-hybridized carbons (Fsp3) is 0.0303. The van der Waals surface area contributed by atoms with E-state index in [0.29, 0.717) is 0 Å². The van der Waals surface area contributed by atoms with Crippen molar-refractivity contribution in [3.8, 4) is 0 Å². The quantitative estimate of drug-likeness (QED) is 0.214. The zero-order valence-electron chi connectivity index (χ0n) is 19.7. The van der Waals surface area contributed by atoms with Gasteiger partial charge in [0.05, 0.1) is 0 Å². The fourth-order valence-corrected chi connectivity index (χ4v) is 4.65. The van der Waals surface area contributed by atoms with E-state index >= 15 is 0 Å². The SMILES string of the molecule is Cc1ccccc1N(c1ccccc1)c1ccc(C=Cc2ccc(C=Cc3cccs3)cc2)cc1. The van der Waals surface area contributed by atoms with E-state index in [2.05, 4.69) is 157 Å². The number of hydrogen-bond acceptors (Lipinski definition) is 2. The molecule has 170 valence electrons. The predicted octanol–water partition coefficient (Wildman–Crippen LogP) is 9.87. The Balaban J connectivity index is 1.33. The number of nitrogens with zero attached hydrogens (tertiary/aromatic N) is 1. The molecular weight excluding hydrogens is 442 g/mol. The lowest BCUT2D eigenvalue weighted by Crippen LogP contribution is -2.11. The zero-order chi connectivity index (χ0) is 23.9. The van der Waals surface area contributed by atoms with E-state index in [1.807, 2.05) is 0 Å². The zero-order valence-corrected chi connectivity index (χ0v) is 20.5. The molecular formula is C33H27NS. The van der Waals surface area contributed by atoms with E-state index in [4.69, 9.17) is 0 Å². The summed E-state index contributed by atoms with van der Waals surface area (Å²) in [6.45, 7) is 2.16. The molecule has 1 nitrogen and oxygen atoms in total. The number of benzene rings is 4. The van der Waals surface area contributed by atoms with Crippen LogP contribution in [0.25, 0.3) is 24.3 Å². The smallest absolute Gasteiger partial charge is 0.0490 e. The van der Waals surface area contributed by atoms with Crippen molar-refractivity contribution in [2.24, 2.45) is 0 Å². The van der Waals surface area contributed by atoms with Crippen LogP contribution in [0.15, 0.2) is 121 Å². The summed E-state index contributed by atoms with van der Waals surface area (Å²) in [6, 6.07) is 40.6. The first-order valence-electron chi connectivity index (χ1n) is 11.8. The summed E-state index contributed by atoms with van der Waals surface area (Å²) in [4.78, 5) is 3.58. The molecule has 1 aromatic heterocycles. The van der Waals surface area contributed by atoms with Gasteiger partial charge in [-0.25, -0.2) is 0 Å². The van der Waals surface area contributed by atoms with Crippen LogP contribution < -0.4 is 4.90 Å². The van der Waals surface area contributed by atoms with Crippen LogP contribution in [0, 0.1) is 6.92 Å². The molecule has 4 aromatic carbocycles. The van der Waals surface area contributed by atoms with Gasteiger partial charge in [-0.15, -0.1) is 11.3 Å². The van der Waals surface area contributed by atoms with Gasteiger partial charge in [0.25, 0.3) is 0 Å². The van der Waals surface area contributed by atoms with Gasteiger partial charge in [0.15, 0.2) is 0 Å². The molecule has 0 aliphatic rings. The van der Waals surface area contributed by atoms with E-state index in [1.165, 1.54) is 32.8 Å². The Bertz CT molecular complexity index is 1410. The highest BCUT2D eigenvalue weighted by atomic mass is 32.1. The Labute approximate surface area is 212 Å². The number of thiophene rings is 1. The molecule has 0 saturated heterocycles. The number of para-hydroxylation sites is 2. The molecule has 0 bridgehead atoms. The molecule has 5 rings (SSSR count). The van der Waals surface area contributed by atoms with E-state index in [9.17, 15) is 0 Å². The summed E-state index contributed by atoms with van der Waals surface area (Å²) in [5.41, 5.74) is 8.30. The second-order valence-electron chi connectivity index (χ2n) is 8.40. The van der Waals surface area contributed by atoms with Crippen molar-refractivity contribution in [2.45, 2.75) is 6.92 Å².